The van der Waals surface area contributed by atoms with Crippen LogP contribution in [0, 0.1) is 11.6 Å². The van der Waals surface area contributed by atoms with Crippen LogP contribution in [0.5, 0.6) is 0 Å². The Balaban J connectivity index is 1.76. The number of para-hydroxylation sites is 1. The minimum atomic E-state index is -0.658. The molecule has 0 bridgehead atoms. The van der Waals surface area contributed by atoms with Crippen molar-refractivity contribution in [3.63, 3.8) is 0 Å². The van der Waals surface area contributed by atoms with E-state index in [1.54, 1.807) is 30.3 Å². The van der Waals surface area contributed by atoms with Gasteiger partial charge in [0.1, 0.15) is 11.6 Å². The Hall–Kier alpha value is -3.39. The molecule has 1 amide bonds. The fourth-order valence-corrected chi connectivity index (χ4v) is 2.96. The van der Waals surface area contributed by atoms with Crippen LogP contribution in [-0.4, -0.2) is 20.7 Å². The molecule has 0 aliphatic heterocycles. The number of nitrogens with one attached hydrogen (secondary N) is 1. The Morgan fingerprint density at radius 3 is 2.31 bits per heavy atom. The van der Waals surface area contributed by atoms with Crippen molar-refractivity contribution in [2.75, 3.05) is 5.32 Å². The highest BCUT2D eigenvalue weighted by molar-refractivity contribution is 9.10. The second-order valence-electron chi connectivity index (χ2n) is 6.09. The summed E-state index contributed by atoms with van der Waals surface area (Å²) in [6, 6.07) is 18.8. The Morgan fingerprint density at radius 2 is 1.62 bits per heavy atom. The number of aromatic nitrogens is 3. The topological polar surface area (TPSA) is 59.8 Å². The summed E-state index contributed by atoms with van der Waals surface area (Å²) < 4.78 is 29.6. The van der Waals surface area contributed by atoms with Crippen molar-refractivity contribution in [1.29, 1.82) is 0 Å². The monoisotopic (exact) mass is 454 g/mol. The lowest BCUT2D eigenvalue weighted by Gasteiger charge is -2.06. The van der Waals surface area contributed by atoms with Gasteiger partial charge in [0.2, 0.25) is 5.82 Å². The SMILES string of the molecule is O=C(Nc1ccccc1F)c1nc(-c2ccc(F)cc2)n(-c2ccc(Br)cc2)n1. The van der Waals surface area contributed by atoms with Crippen molar-refractivity contribution in [3.8, 4) is 17.1 Å². The third-order valence-electron chi connectivity index (χ3n) is 4.11. The van der Waals surface area contributed by atoms with Gasteiger partial charge in [-0.1, -0.05) is 28.1 Å². The average molecular weight is 455 g/mol. The number of hydrogen-bond donors (Lipinski definition) is 1. The third kappa shape index (κ3) is 4.07. The molecule has 29 heavy (non-hydrogen) atoms. The smallest absolute Gasteiger partial charge is 0.295 e. The van der Waals surface area contributed by atoms with Crippen LogP contribution < -0.4 is 5.32 Å². The van der Waals surface area contributed by atoms with Crippen molar-refractivity contribution < 1.29 is 13.6 Å². The maximum absolute atomic E-state index is 13.9. The van der Waals surface area contributed by atoms with Crippen LogP contribution in [-0.2, 0) is 0 Å². The molecule has 8 heteroatoms. The second-order valence-corrected chi connectivity index (χ2v) is 7.00. The van der Waals surface area contributed by atoms with Crippen LogP contribution in [0.1, 0.15) is 10.6 Å². The molecule has 1 N–H and O–H groups in total. The van der Waals surface area contributed by atoms with Crippen LogP contribution in [0.3, 0.4) is 0 Å². The number of carbonyl (C=O) groups excluding carboxylic acids is 1. The number of amides is 1. The van der Waals surface area contributed by atoms with Crippen LogP contribution in [0.15, 0.2) is 77.3 Å². The molecule has 0 radical (unpaired) electrons. The van der Waals surface area contributed by atoms with E-state index in [1.807, 2.05) is 12.1 Å². The highest BCUT2D eigenvalue weighted by Gasteiger charge is 2.20. The zero-order chi connectivity index (χ0) is 20.4. The average Bonchev–Trinajstić information content (AvgIpc) is 3.16. The highest BCUT2D eigenvalue weighted by atomic mass is 79.9. The molecule has 0 aliphatic rings. The minimum Gasteiger partial charge on any atom is -0.317 e. The van der Waals surface area contributed by atoms with Gasteiger partial charge in [-0.05, 0) is 60.7 Å². The van der Waals surface area contributed by atoms with E-state index >= 15 is 0 Å². The summed E-state index contributed by atoms with van der Waals surface area (Å²) in [6.45, 7) is 0. The van der Waals surface area contributed by atoms with Crippen LogP contribution in [0.4, 0.5) is 14.5 Å². The first kappa shape index (κ1) is 18.9. The van der Waals surface area contributed by atoms with Gasteiger partial charge >= 0.3 is 0 Å². The normalized spacial score (nSPS) is 10.7. The zero-order valence-electron chi connectivity index (χ0n) is 14.8. The lowest BCUT2D eigenvalue weighted by molar-refractivity contribution is 0.101. The van der Waals surface area contributed by atoms with Gasteiger partial charge in [0.25, 0.3) is 5.91 Å². The fraction of sp³-hybridized carbons (Fsp3) is 0. The van der Waals surface area contributed by atoms with Gasteiger partial charge in [-0.3, -0.25) is 4.79 Å². The predicted molar refractivity (Wildman–Crippen MR) is 109 cm³/mol. The van der Waals surface area contributed by atoms with E-state index in [9.17, 15) is 13.6 Å². The van der Waals surface area contributed by atoms with Crippen LogP contribution >= 0.6 is 15.9 Å². The molecule has 5 nitrogen and oxygen atoms in total. The molecular weight excluding hydrogens is 442 g/mol. The lowest BCUT2D eigenvalue weighted by Crippen LogP contribution is -2.15. The number of nitrogens with zero attached hydrogens (tertiary/aromatic N) is 3. The molecule has 1 aromatic heterocycles. The number of rotatable bonds is 4. The molecule has 0 atom stereocenters. The number of hydrogen-bond acceptors (Lipinski definition) is 3. The zero-order valence-corrected chi connectivity index (χ0v) is 16.4. The number of anilines is 1. The van der Waals surface area contributed by atoms with Crippen molar-refractivity contribution in [3.05, 3.63) is 94.7 Å². The molecule has 0 spiro atoms. The summed E-state index contributed by atoms with van der Waals surface area (Å²) in [7, 11) is 0. The maximum atomic E-state index is 13.9. The standard InChI is InChI=1S/C21H13BrF2N4O/c22-14-7-11-16(12-8-14)28-20(13-5-9-15(23)10-6-13)26-19(27-28)21(29)25-18-4-2-1-3-17(18)24/h1-12H,(H,25,29). The van der Waals surface area contributed by atoms with E-state index in [-0.39, 0.29) is 17.3 Å². The van der Waals surface area contributed by atoms with Gasteiger partial charge in [-0.15, -0.1) is 5.10 Å². The Morgan fingerprint density at radius 1 is 0.931 bits per heavy atom. The first-order chi connectivity index (χ1) is 14.0. The first-order valence-electron chi connectivity index (χ1n) is 8.56. The van der Waals surface area contributed by atoms with E-state index in [1.165, 1.54) is 35.0 Å². The molecule has 3 aromatic carbocycles. The summed E-state index contributed by atoms with van der Waals surface area (Å²) in [5.41, 5.74) is 1.26. The van der Waals surface area contributed by atoms with Crippen LogP contribution in [0.25, 0.3) is 17.1 Å². The molecule has 0 saturated heterocycles. The molecule has 4 rings (SSSR count). The molecule has 0 saturated carbocycles. The quantitative estimate of drug-likeness (QED) is 0.459. The fourth-order valence-electron chi connectivity index (χ4n) is 2.70. The van der Waals surface area contributed by atoms with Crippen molar-refractivity contribution in [1.82, 2.24) is 14.8 Å². The summed E-state index contributed by atoms with van der Waals surface area (Å²) >= 11 is 3.38. The Bertz CT molecular complexity index is 1110. The molecule has 0 aliphatic carbocycles. The van der Waals surface area contributed by atoms with Gasteiger partial charge in [0, 0.05) is 10.0 Å². The third-order valence-corrected chi connectivity index (χ3v) is 4.63. The second kappa shape index (κ2) is 7.92. The minimum absolute atomic E-state index is 0.0285. The van der Waals surface area contributed by atoms with E-state index in [0.717, 1.165) is 4.47 Å². The van der Waals surface area contributed by atoms with Crippen molar-refractivity contribution in [2.45, 2.75) is 0 Å². The molecule has 0 fully saturated rings. The van der Waals surface area contributed by atoms with Gasteiger partial charge < -0.3 is 5.32 Å². The Labute approximate surface area is 173 Å². The molecule has 4 aromatic rings. The number of carbonyl (C=O) groups is 1. The summed E-state index contributed by atoms with van der Waals surface area (Å²) in [6.07, 6.45) is 0. The highest BCUT2D eigenvalue weighted by Crippen LogP contribution is 2.23. The number of benzene rings is 3. The van der Waals surface area contributed by atoms with E-state index in [2.05, 4.69) is 31.3 Å². The van der Waals surface area contributed by atoms with E-state index in [0.29, 0.717) is 17.1 Å². The largest absolute Gasteiger partial charge is 0.317 e. The lowest BCUT2D eigenvalue weighted by atomic mass is 10.2. The van der Waals surface area contributed by atoms with Crippen molar-refractivity contribution >= 4 is 27.5 Å². The first-order valence-corrected chi connectivity index (χ1v) is 9.35. The summed E-state index contributed by atoms with van der Waals surface area (Å²) in [5.74, 6) is -1.40. The van der Waals surface area contributed by atoms with E-state index in [4.69, 9.17) is 0 Å². The van der Waals surface area contributed by atoms with Gasteiger partial charge in [0.05, 0.1) is 11.4 Å². The van der Waals surface area contributed by atoms with E-state index < -0.39 is 11.7 Å². The van der Waals surface area contributed by atoms with Gasteiger partial charge in [-0.2, -0.15) is 0 Å². The molecule has 1 heterocycles. The molecular formula is C21H13BrF2N4O. The predicted octanol–water partition coefficient (Wildman–Crippen LogP) is 5.23. The van der Waals surface area contributed by atoms with Gasteiger partial charge in [-0.25, -0.2) is 18.4 Å². The van der Waals surface area contributed by atoms with Crippen molar-refractivity contribution in [2.24, 2.45) is 0 Å². The van der Waals surface area contributed by atoms with Crippen LogP contribution in [0.2, 0.25) is 0 Å². The molecule has 144 valence electrons. The Kier molecular flexibility index (Phi) is 5.18. The molecule has 0 unspecified atom stereocenters. The van der Waals surface area contributed by atoms with Gasteiger partial charge in [0.15, 0.2) is 5.82 Å². The summed E-state index contributed by atoms with van der Waals surface area (Å²) in [4.78, 5) is 16.9. The summed E-state index contributed by atoms with van der Waals surface area (Å²) in [5, 5.41) is 6.77. The maximum Gasteiger partial charge on any atom is 0.295 e. The number of halogens is 3.